The summed E-state index contributed by atoms with van der Waals surface area (Å²) in [7, 11) is 1.69. The van der Waals surface area contributed by atoms with E-state index >= 15 is 0 Å². The van der Waals surface area contributed by atoms with Gasteiger partial charge in [-0.05, 0) is 48.5 Å². The van der Waals surface area contributed by atoms with Crippen LogP contribution in [-0.2, 0) is 0 Å². The molecule has 3 aromatic carbocycles. The van der Waals surface area contributed by atoms with E-state index in [-0.39, 0.29) is 0 Å². The number of ether oxygens (including phenoxy) is 1. The van der Waals surface area contributed by atoms with Gasteiger partial charge in [0.1, 0.15) is 5.75 Å². The molecule has 0 N–H and O–H groups in total. The number of rotatable bonds is 2. The molecule has 0 atom stereocenters. The van der Waals surface area contributed by atoms with Gasteiger partial charge in [-0.3, -0.25) is 0 Å². The maximum atomic E-state index is 6.47. The minimum atomic E-state index is 0.765. The van der Waals surface area contributed by atoms with Gasteiger partial charge in [0.2, 0.25) is 0 Å². The van der Waals surface area contributed by atoms with Gasteiger partial charge >= 0.3 is 0 Å². The lowest BCUT2D eigenvalue weighted by Gasteiger charge is -2.33. The number of nitrogens with zero attached hydrogens (tertiary/aromatic N) is 1. The molecular formula is C19H13BrClNOS. The maximum Gasteiger partial charge on any atom is 0.121 e. The Morgan fingerprint density at radius 1 is 1.00 bits per heavy atom. The van der Waals surface area contributed by atoms with Crippen LogP contribution in [0.4, 0.5) is 17.1 Å². The highest BCUT2D eigenvalue weighted by molar-refractivity contribution is 9.10. The first kappa shape index (κ1) is 15.9. The Labute approximate surface area is 158 Å². The molecule has 1 aliphatic heterocycles. The van der Waals surface area contributed by atoms with Gasteiger partial charge in [0.05, 0.1) is 28.4 Å². The summed E-state index contributed by atoms with van der Waals surface area (Å²) in [5.41, 5.74) is 3.25. The molecule has 24 heavy (non-hydrogen) atoms. The van der Waals surface area contributed by atoms with Crippen LogP contribution < -0.4 is 9.64 Å². The summed E-state index contributed by atoms with van der Waals surface area (Å²) in [5.74, 6) is 0.835. The molecule has 4 rings (SSSR count). The summed E-state index contributed by atoms with van der Waals surface area (Å²) >= 11 is 11.7. The van der Waals surface area contributed by atoms with Gasteiger partial charge in [-0.15, -0.1) is 0 Å². The average Bonchev–Trinajstić information content (AvgIpc) is 2.61. The lowest BCUT2D eigenvalue weighted by atomic mass is 10.1. The zero-order valence-corrected chi connectivity index (χ0v) is 16.0. The molecule has 2 nitrogen and oxygen atoms in total. The van der Waals surface area contributed by atoms with Crippen LogP contribution in [0.3, 0.4) is 0 Å². The Hall–Kier alpha value is -1.62. The fraction of sp³-hybridized carbons (Fsp3) is 0.0526. The van der Waals surface area contributed by atoms with Crippen LogP contribution in [0.1, 0.15) is 0 Å². The number of fused-ring (bicyclic) bond motifs is 2. The summed E-state index contributed by atoms with van der Waals surface area (Å²) < 4.78 is 6.48. The highest BCUT2D eigenvalue weighted by Gasteiger charge is 2.26. The van der Waals surface area contributed by atoms with Gasteiger partial charge in [-0.2, -0.15) is 0 Å². The van der Waals surface area contributed by atoms with E-state index in [9.17, 15) is 0 Å². The number of benzene rings is 3. The molecule has 0 aliphatic carbocycles. The Kier molecular flexibility index (Phi) is 4.21. The van der Waals surface area contributed by atoms with Crippen molar-refractivity contribution in [2.24, 2.45) is 0 Å². The molecule has 120 valence electrons. The van der Waals surface area contributed by atoms with Crippen molar-refractivity contribution in [3.05, 3.63) is 70.2 Å². The summed E-state index contributed by atoms with van der Waals surface area (Å²) in [5, 5.41) is 0.765. The molecule has 0 saturated heterocycles. The third-order valence-electron chi connectivity index (χ3n) is 3.89. The first-order valence-corrected chi connectivity index (χ1v) is 9.36. The minimum absolute atomic E-state index is 0.765. The molecule has 0 bridgehead atoms. The fourth-order valence-electron chi connectivity index (χ4n) is 2.77. The van der Waals surface area contributed by atoms with E-state index in [2.05, 4.69) is 51.2 Å². The Bertz CT molecular complexity index is 914. The standard InChI is InChI=1S/C19H13BrClNOS/c1-23-14-9-10-18-17(11-14)22(13-7-5-12(20)6-8-13)16-4-2-3-15(21)19(16)24-18/h2-11H,1H3. The summed E-state index contributed by atoms with van der Waals surface area (Å²) in [6.45, 7) is 0. The number of anilines is 3. The van der Waals surface area contributed by atoms with Gasteiger partial charge in [-0.1, -0.05) is 45.4 Å². The van der Waals surface area contributed by atoms with Gasteiger partial charge in [-0.25, -0.2) is 0 Å². The van der Waals surface area contributed by atoms with Crippen molar-refractivity contribution in [3.63, 3.8) is 0 Å². The van der Waals surface area contributed by atoms with Crippen LogP contribution >= 0.6 is 39.3 Å². The lowest BCUT2D eigenvalue weighted by Crippen LogP contribution is -2.15. The molecule has 1 aliphatic rings. The first-order chi connectivity index (χ1) is 11.7. The van der Waals surface area contributed by atoms with E-state index in [1.54, 1.807) is 18.9 Å². The SMILES string of the molecule is COc1ccc2c(c1)N(c1ccc(Br)cc1)c1cccc(Cl)c1S2. The van der Waals surface area contributed by atoms with Crippen molar-refractivity contribution in [1.82, 2.24) is 0 Å². The average molecular weight is 419 g/mol. The number of hydrogen-bond acceptors (Lipinski definition) is 3. The molecule has 3 aromatic rings. The maximum absolute atomic E-state index is 6.47. The fourth-order valence-corrected chi connectivity index (χ4v) is 4.36. The van der Waals surface area contributed by atoms with Crippen LogP contribution in [0.25, 0.3) is 0 Å². The van der Waals surface area contributed by atoms with Crippen LogP contribution in [0.5, 0.6) is 5.75 Å². The van der Waals surface area contributed by atoms with Crippen molar-refractivity contribution in [2.45, 2.75) is 9.79 Å². The van der Waals surface area contributed by atoms with Gasteiger partial charge in [0.25, 0.3) is 0 Å². The second kappa shape index (κ2) is 6.36. The molecule has 0 unspecified atom stereocenters. The molecule has 5 heteroatoms. The van der Waals surface area contributed by atoms with Crippen molar-refractivity contribution in [3.8, 4) is 5.75 Å². The van der Waals surface area contributed by atoms with E-state index in [4.69, 9.17) is 16.3 Å². The van der Waals surface area contributed by atoms with Gasteiger partial charge < -0.3 is 9.64 Å². The van der Waals surface area contributed by atoms with E-state index in [1.807, 2.05) is 30.3 Å². The van der Waals surface area contributed by atoms with Crippen LogP contribution in [0.2, 0.25) is 5.02 Å². The van der Waals surface area contributed by atoms with Gasteiger partial charge in [0.15, 0.2) is 0 Å². The highest BCUT2D eigenvalue weighted by atomic mass is 79.9. The zero-order valence-electron chi connectivity index (χ0n) is 12.8. The summed E-state index contributed by atoms with van der Waals surface area (Å²) in [4.78, 5) is 4.45. The molecule has 0 radical (unpaired) electrons. The topological polar surface area (TPSA) is 12.5 Å². The second-order valence-electron chi connectivity index (χ2n) is 5.34. The number of halogens is 2. The largest absolute Gasteiger partial charge is 0.497 e. The van der Waals surface area contributed by atoms with Gasteiger partial charge in [0, 0.05) is 21.1 Å². The minimum Gasteiger partial charge on any atom is -0.497 e. The highest BCUT2D eigenvalue weighted by Crippen LogP contribution is 2.54. The quantitative estimate of drug-likeness (QED) is 0.346. The van der Waals surface area contributed by atoms with Crippen molar-refractivity contribution in [1.29, 1.82) is 0 Å². The van der Waals surface area contributed by atoms with Crippen LogP contribution in [0, 0.1) is 0 Å². The van der Waals surface area contributed by atoms with E-state index in [0.29, 0.717) is 0 Å². The predicted octanol–water partition coefficient (Wildman–Crippen LogP) is 7.05. The summed E-state index contributed by atoms with van der Waals surface area (Å²) in [6.07, 6.45) is 0. The third kappa shape index (κ3) is 2.69. The molecule has 0 spiro atoms. The molecule has 0 fully saturated rings. The van der Waals surface area contributed by atoms with E-state index < -0.39 is 0 Å². The Balaban J connectivity index is 1.96. The van der Waals surface area contributed by atoms with Crippen LogP contribution in [0.15, 0.2) is 74.9 Å². The Morgan fingerprint density at radius 3 is 2.54 bits per heavy atom. The smallest absolute Gasteiger partial charge is 0.121 e. The third-order valence-corrected chi connectivity index (χ3v) is 6.04. The molecular weight excluding hydrogens is 406 g/mol. The second-order valence-corrected chi connectivity index (χ2v) is 7.71. The van der Waals surface area contributed by atoms with Crippen molar-refractivity contribution < 1.29 is 4.74 Å². The predicted molar refractivity (Wildman–Crippen MR) is 105 cm³/mol. The van der Waals surface area contributed by atoms with E-state index in [1.165, 1.54) is 0 Å². The van der Waals surface area contributed by atoms with Crippen molar-refractivity contribution >= 4 is 56.4 Å². The number of hydrogen-bond donors (Lipinski definition) is 0. The zero-order chi connectivity index (χ0) is 16.7. The normalized spacial score (nSPS) is 12.5. The van der Waals surface area contributed by atoms with E-state index in [0.717, 1.165) is 42.1 Å². The lowest BCUT2D eigenvalue weighted by molar-refractivity contribution is 0.414. The molecule has 0 aromatic heterocycles. The molecule has 1 heterocycles. The number of methoxy groups -OCH3 is 1. The first-order valence-electron chi connectivity index (χ1n) is 7.37. The van der Waals surface area contributed by atoms with Crippen LogP contribution in [-0.4, -0.2) is 7.11 Å². The monoisotopic (exact) mass is 417 g/mol. The molecule has 0 saturated carbocycles. The summed E-state index contributed by atoms with van der Waals surface area (Å²) in [6, 6.07) is 20.4. The Morgan fingerprint density at radius 2 is 1.79 bits per heavy atom. The van der Waals surface area contributed by atoms with Crippen molar-refractivity contribution in [2.75, 3.05) is 12.0 Å². The molecule has 0 amide bonds.